The Morgan fingerprint density at radius 3 is 2.62 bits per heavy atom. The van der Waals surface area contributed by atoms with Crippen LogP contribution in [0.2, 0.25) is 5.02 Å². The van der Waals surface area contributed by atoms with E-state index in [9.17, 15) is 10.1 Å². The van der Waals surface area contributed by atoms with Crippen LogP contribution in [0.25, 0.3) is 0 Å². The van der Waals surface area contributed by atoms with E-state index in [1.54, 1.807) is 26.0 Å². The number of halogens is 2. The second-order valence-corrected chi connectivity index (χ2v) is 5.59. The third kappa shape index (κ3) is 3.36. The van der Waals surface area contributed by atoms with Gasteiger partial charge >= 0.3 is 0 Å². The van der Waals surface area contributed by atoms with Gasteiger partial charge in [-0.25, -0.2) is 0 Å². The standard InChI is InChI=1S/C15H13BrClNO3/c1-9-7-14(10(2)6-13(9)18(19)20)21-15-11(8-16)4-3-5-12(15)17/h3-7H,8H2,1-2H3. The van der Waals surface area contributed by atoms with Crippen molar-refractivity contribution < 1.29 is 9.66 Å². The van der Waals surface area contributed by atoms with Crippen LogP contribution in [-0.2, 0) is 5.33 Å². The summed E-state index contributed by atoms with van der Waals surface area (Å²) in [5, 5.41) is 12.0. The van der Waals surface area contributed by atoms with Crippen LogP contribution in [0.3, 0.4) is 0 Å². The normalized spacial score (nSPS) is 10.5. The molecule has 0 heterocycles. The van der Waals surface area contributed by atoms with E-state index in [-0.39, 0.29) is 5.69 Å². The number of nitrogens with zero attached hydrogens (tertiary/aromatic N) is 1. The second kappa shape index (κ2) is 6.45. The molecule has 0 aliphatic rings. The minimum absolute atomic E-state index is 0.0831. The Bertz CT molecular complexity index is 704. The summed E-state index contributed by atoms with van der Waals surface area (Å²) in [6, 6.07) is 8.67. The van der Waals surface area contributed by atoms with Crippen LogP contribution in [0.4, 0.5) is 5.69 Å². The Labute approximate surface area is 136 Å². The Morgan fingerprint density at radius 2 is 2.00 bits per heavy atom. The van der Waals surface area contributed by atoms with Crippen molar-refractivity contribution in [1.82, 2.24) is 0 Å². The van der Waals surface area contributed by atoms with Gasteiger partial charge < -0.3 is 4.74 Å². The molecule has 2 aromatic rings. The van der Waals surface area contributed by atoms with Gasteiger partial charge in [0, 0.05) is 22.5 Å². The van der Waals surface area contributed by atoms with Crippen LogP contribution in [0.1, 0.15) is 16.7 Å². The largest absolute Gasteiger partial charge is 0.455 e. The first-order chi connectivity index (χ1) is 9.93. The van der Waals surface area contributed by atoms with Crippen LogP contribution in [0.5, 0.6) is 11.5 Å². The number of aryl methyl sites for hydroxylation is 2. The summed E-state index contributed by atoms with van der Waals surface area (Å²) >= 11 is 9.57. The number of hydrogen-bond acceptors (Lipinski definition) is 3. The number of rotatable bonds is 4. The predicted molar refractivity (Wildman–Crippen MR) is 86.7 cm³/mol. The maximum absolute atomic E-state index is 10.9. The third-order valence-corrected chi connectivity index (χ3v) is 4.00. The minimum atomic E-state index is -0.397. The molecule has 0 aliphatic heterocycles. The molecule has 21 heavy (non-hydrogen) atoms. The summed E-state index contributed by atoms with van der Waals surface area (Å²) in [5.41, 5.74) is 2.23. The predicted octanol–water partition coefficient (Wildman–Crippen LogP) is 5.55. The van der Waals surface area contributed by atoms with Crippen LogP contribution < -0.4 is 4.74 Å². The van der Waals surface area contributed by atoms with E-state index in [1.807, 2.05) is 12.1 Å². The van der Waals surface area contributed by atoms with Crippen molar-refractivity contribution in [3.63, 3.8) is 0 Å². The highest BCUT2D eigenvalue weighted by Crippen LogP contribution is 2.37. The molecule has 0 saturated heterocycles. The first kappa shape index (κ1) is 15.8. The van der Waals surface area contributed by atoms with Crippen LogP contribution in [0.15, 0.2) is 30.3 Å². The van der Waals surface area contributed by atoms with Gasteiger partial charge in [-0.1, -0.05) is 39.7 Å². The fraction of sp³-hybridized carbons (Fsp3) is 0.200. The molecule has 0 aliphatic carbocycles. The first-order valence-electron chi connectivity index (χ1n) is 6.21. The Hall–Kier alpha value is -1.59. The number of para-hydroxylation sites is 1. The summed E-state index contributed by atoms with van der Waals surface area (Å²) in [5.74, 6) is 1.13. The summed E-state index contributed by atoms with van der Waals surface area (Å²) < 4.78 is 5.89. The van der Waals surface area contributed by atoms with E-state index < -0.39 is 4.92 Å². The maximum atomic E-state index is 10.9. The van der Waals surface area contributed by atoms with E-state index in [0.717, 1.165) is 5.56 Å². The number of ether oxygens (including phenoxy) is 1. The molecule has 0 radical (unpaired) electrons. The lowest BCUT2D eigenvalue weighted by Crippen LogP contribution is -1.97. The van der Waals surface area contributed by atoms with Crippen LogP contribution in [-0.4, -0.2) is 4.92 Å². The van der Waals surface area contributed by atoms with Crippen molar-refractivity contribution in [2.45, 2.75) is 19.2 Å². The molecule has 0 atom stereocenters. The average molecular weight is 371 g/mol. The lowest BCUT2D eigenvalue weighted by molar-refractivity contribution is -0.385. The number of nitro groups is 1. The molecular formula is C15H13BrClNO3. The Balaban J connectivity index is 2.46. The van der Waals surface area contributed by atoms with E-state index in [0.29, 0.717) is 33.0 Å². The molecule has 4 nitrogen and oxygen atoms in total. The maximum Gasteiger partial charge on any atom is 0.272 e. The zero-order chi connectivity index (χ0) is 15.6. The molecule has 2 rings (SSSR count). The molecule has 0 amide bonds. The Kier molecular flexibility index (Phi) is 4.85. The van der Waals surface area contributed by atoms with Gasteiger partial charge in [0.2, 0.25) is 0 Å². The molecule has 0 aromatic heterocycles. The molecular weight excluding hydrogens is 358 g/mol. The minimum Gasteiger partial charge on any atom is -0.455 e. The highest BCUT2D eigenvalue weighted by atomic mass is 79.9. The molecule has 2 aromatic carbocycles. The fourth-order valence-electron chi connectivity index (χ4n) is 1.96. The van der Waals surface area contributed by atoms with Gasteiger partial charge in [-0.2, -0.15) is 0 Å². The van der Waals surface area contributed by atoms with Gasteiger partial charge in [0.1, 0.15) is 11.5 Å². The van der Waals surface area contributed by atoms with Crippen molar-refractivity contribution in [2.24, 2.45) is 0 Å². The monoisotopic (exact) mass is 369 g/mol. The molecule has 0 saturated carbocycles. The van der Waals surface area contributed by atoms with Crippen molar-refractivity contribution in [2.75, 3.05) is 0 Å². The average Bonchev–Trinajstić information content (AvgIpc) is 2.44. The van der Waals surface area contributed by atoms with Crippen molar-refractivity contribution in [3.05, 3.63) is 62.2 Å². The summed E-state index contributed by atoms with van der Waals surface area (Å²) in [7, 11) is 0. The van der Waals surface area contributed by atoms with Gasteiger partial charge in [-0.05, 0) is 31.5 Å². The van der Waals surface area contributed by atoms with Gasteiger partial charge in [0.05, 0.1) is 9.95 Å². The van der Waals surface area contributed by atoms with Gasteiger partial charge in [0.25, 0.3) is 5.69 Å². The highest BCUT2D eigenvalue weighted by Gasteiger charge is 2.16. The zero-order valence-corrected chi connectivity index (χ0v) is 13.9. The van der Waals surface area contributed by atoms with Crippen molar-refractivity contribution in [3.8, 4) is 11.5 Å². The Morgan fingerprint density at radius 1 is 1.29 bits per heavy atom. The number of alkyl halides is 1. The van der Waals surface area contributed by atoms with Crippen LogP contribution >= 0.6 is 27.5 Å². The fourth-order valence-corrected chi connectivity index (χ4v) is 2.64. The van der Waals surface area contributed by atoms with Crippen molar-refractivity contribution >= 4 is 33.2 Å². The SMILES string of the molecule is Cc1cc([N+](=O)[O-])c(C)cc1Oc1c(Cl)cccc1CBr. The summed E-state index contributed by atoms with van der Waals surface area (Å²) in [4.78, 5) is 10.5. The lowest BCUT2D eigenvalue weighted by Gasteiger charge is -2.14. The first-order valence-corrected chi connectivity index (χ1v) is 7.70. The highest BCUT2D eigenvalue weighted by molar-refractivity contribution is 9.08. The van der Waals surface area contributed by atoms with E-state index in [2.05, 4.69) is 15.9 Å². The summed E-state index contributed by atoms with van der Waals surface area (Å²) in [6.07, 6.45) is 0. The third-order valence-electron chi connectivity index (χ3n) is 3.09. The smallest absolute Gasteiger partial charge is 0.272 e. The molecule has 0 fully saturated rings. The number of hydrogen-bond donors (Lipinski definition) is 0. The van der Waals surface area contributed by atoms with Crippen molar-refractivity contribution in [1.29, 1.82) is 0 Å². The molecule has 0 N–H and O–H groups in total. The van der Waals surface area contributed by atoms with E-state index >= 15 is 0 Å². The molecule has 0 bridgehead atoms. The van der Waals surface area contributed by atoms with E-state index in [4.69, 9.17) is 16.3 Å². The molecule has 6 heteroatoms. The zero-order valence-electron chi connectivity index (χ0n) is 11.5. The topological polar surface area (TPSA) is 52.4 Å². The lowest BCUT2D eigenvalue weighted by atomic mass is 10.1. The quantitative estimate of drug-likeness (QED) is 0.402. The molecule has 0 unspecified atom stereocenters. The van der Waals surface area contributed by atoms with Gasteiger partial charge in [-0.3, -0.25) is 10.1 Å². The van der Waals surface area contributed by atoms with E-state index in [1.165, 1.54) is 6.07 Å². The van der Waals surface area contributed by atoms with Crippen LogP contribution in [0, 0.1) is 24.0 Å². The number of benzene rings is 2. The van der Waals surface area contributed by atoms with Gasteiger partial charge in [0.15, 0.2) is 0 Å². The van der Waals surface area contributed by atoms with Gasteiger partial charge in [-0.15, -0.1) is 0 Å². The summed E-state index contributed by atoms with van der Waals surface area (Å²) in [6.45, 7) is 3.45. The number of nitro benzene ring substituents is 1. The molecule has 0 spiro atoms. The second-order valence-electron chi connectivity index (χ2n) is 4.63. The molecule has 110 valence electrons.